The van der Waals surface area contributed by atoms with Gasteiger partial charge in [0.2, 0.25) is 0 Å². The van der Waals surface area contributed by atoms with Crippen molar-refractivity contribution in [1.29, 1.82) is 0 Å². The number of nitrogens with one attached hydrogen (secondary N) is 2. The molecule has 28 heavy (non-hydrogen) atoms. The molecule has 0 bridgehead atoms. The second kappa shape index (κ2) is 6.77. The minimum atomic E-state index is 0.375. The molecular formula is C23H23N5. The molecule has 1 aliphatic rings. The number of aromatic amines is 1. The first-order chi connectivity index (χ1) is 13.7. The van der Waals surface area contributed by atoms with E-state index in [1.165, 1.54) is 27.6 Å². The number of anilines is 1. The lowest BCUT2D eigenvalue weighted by Crippen LogP contribution is -2.31. The van der Waals surface area contributed by atoms with Gasteiger partial charge in [0.05, 0.1) is 5.69 Å². The third-order valence-corrected chi connectivity index (χ3v) is 5.65. The molecule has 1 atom stereocenters. The zero-order valence-electron chi connectivity index (χ0n) is 16.1. The van der Waals surface area contributed by atoms with Gasteiger partial charge in [0.1, 0.15) is 5.82 Å². The van der Waals surface area contributed by atoms with Gasteiger partial charge in [0.25, 0.3) is 0 Å². The standard InChI is InChI=1S/C23H23N5/c1-24-23-8-7-22(26-27-23)16-3-5-19-18(12-16)13-28(2)14-20(19)15-4-6-21-17(11-15)9-10-25-21/h3-12,20,25H,13-14H2,1-2H3,(H,24,27). The molecule has 5 rings (SSSR count). The Labute approximate surface area is 164 Å². The van der Waals surface area contributed by atoms with Gasteiger partial charge in [-0.15, -0.1) is 10.2 Å². The van der Waals surface area contributed by atoms with E-state index >= 15 is 0 Å². The Morgan fingerprint density at radius 1 is 1.04 bits per heavy atom. The van der Waals surface area contributed by atoms with Crippen LogP contribution in [-0.4, -0.2) is 40.7 Å². The van der Waals surface area contributed by atoms with E-state index in [2.05, 4.69) is 74.9 Å². The van der Waals surface area contributed by atoms with Crippen LogP contribution in [0.25, 0.3) is 22.2 Å². The van der Waals surface area contributed by atoms with Crippen molar-refractivity contribution in [1.82, 2.24) is 20.1 Å². The lowest BCUT2D eigenvalue weighted by molar-refractivity contribution is 0.295. The molecule has 4 aromatic rings. The normalized spacial score (nSPS) is 16.9. The number of hydrogen-bond donors (Lipinski definition) is 2. The number of rotatable bonds is 3. The molecule has 0 spiro atoms. The molecule has 2 aromatic carbocycles. The fourth-order valence-corrected chi connectivity index (χ4v) is 4.20. The first kappa shape index (κ1) is 17.0. The van der Waals surface area contributed by atoms with E-state index in [9.17, 15) is 0 Å². The number of aromatic nitrogens is 3. The van der Waals surface area contributed by atoms with Gasteiger partial charge in [-0.1, -0.05) is 18.2 Å². The van der Waals surface area contributed by atoms with Gasteiger partial charge in [0, 0.05) is 43.3 Å². The highest BCUT2D eigenvalue weighted by Crippen LogP contribution is 2.36. The molecule has 1 aliphatic heterocycles. The second-order valence-corrected chi connectivity index (χ2v) is 7.54. The molecule has 0 fully saturated rings. The maximum atomic E-state index is 4.36. The number of hydrogen-bond acceptors (Lipinski definition) is 4. The van der Waals surface area contributed by atoms with Crippen LogP contribution in [0, 0.1) is 0 Å². The van der Waals surface area contributed by atoms with Crippen molar-refractivity contribution >= 4 is 16.7 Å². The third kappa shape index (κ3) is 2.94. The first-order valence-corrected chi connectivity index (χ1v) is 9.61. The zero-order valence-corrected chi connectivity index (χ0v) is 16.1. The van der Waals surface area contributed by atoms with E-state index in [0.29, 0.717) is 5.92 Å². The van der Waals surface area contributed by atoms with Gasteiger partial charge in [0.15, 0.2) is 0 Å². The Balaban J connectivity index is 1.54. The SMILES string of the molecule is CNc1ccc(-c2ccc3c(c2)CN(C)CC3c2ccc3[nH]ccc3c2)nn1. The van der Waals surface area contributed by atoms with Crippen molar-refractivity contribution in [3.8, 4) is 11.3 Å². The van der Waals surface area contributed by atoms with Crippen LogP contribution < -0.4 is 5.32 Å². The van der Waals surface area contributed by atoms with Crippen molar-refractivity contribution in [3.63, 3.8) is 0 Å². The Morgan fingerprint density at radius 3 is 2.79 bits per heavy atom. The minimum absolute atomic E-state index is 0.375. The topological polar surface area (TPSA) is 56.8 Å². The lowest BCUT2D eigenvalue weighted by Gasteiger charge is -2.33. The number of H-pyrrole nitrogens is 1. The molecule has 2 aromatic heterocycles. The van der Waals surface area contributed by atoms with Gasteiger partial charge in [-0.05, 0) is 65.5 Å². The van der Waals surface area contributed by atoms with Crippen LogP contribution >= 0.6 is 0 Å². The Bertz CT molecular complexity index is 1130. The Kier molecular flexibility index (Phi) is 4.10. The lowest BCUT2D eigenvalue weighted by atomic mass is 9.83. The van der Waals surface area contributed by atoms with Gasteiger partial charge in [-0.2, -0.15) is 0 Å². The maximum absolute atomic E-state index is 4.36. The molecule has 5 heteroatoms. The number of benzene rings is 2. The minimum Gasteiger partial charge on any atom is -0.372 e. The molecule has 2 N–H and O–H groups in total. The summed E-state index contributed by atoms with van der Waals surface area (Å²) in [5.74, 6) is 1.15. The van der Waals surface area contributed by atoms with Gasteiger partial charge in [-0.25, -0.2) is 0 Å². The van der Waals surface area contributed by atoms with Crippen molar-refractivity contribution < 1.29 is 0 Å². The van der Waals surface area contributed by atoms with Crippen molar-refractivity contribution in [2.24, 2.45) is 0 Å². The molecule has 0 saturated heterocycles. The molecule has 3 heterocycles. The average Bonchev–Trinajstić information content (AvgIpc) is 3.20. The van der Waals surface area contributed by atoms with E-state index < -0.39 is 0 Å². The first-order valence-electron chi connectivity index (χ1n) is 9.61. The fraction of sp³-hybridized carbons (Fsp3) is 0.217. The van der Waals surface area contributed by atoms with Crippen LogP contribution in [0.5, 0.6) is 0 Å². The highest BCUT2D eigenvalue weighted by Gasteiger charge is 2.25. The largest absolute Gasteiger partial charge is 0.372 e. The third-order valence-electron chi connectivity index (χ3n) is 5.65. The summed E-state index contributed by atoms with van der Waals surface area (Å²) in [6.45, 7) is 1.98. The van der Waals surface area contributed by atoms with Crippen LogP contribution in [0.1, 0.15) is 22.6 Å². The molecule has 0 saturated carbocycles. The Morgan fingerprint density at radius 2 is 1.96 bits per heavy atom. The van der Waals surface area contributed by atoms with E-state index in [1.807, 2.05) is 25.4 Å². The summed E-state index contributed by atoms with van der Waals surface area (Å²) in [5, 5.41) is 12.9. The summed E-state index contributed by atoms with van der Waals surface area (Å²) in [5.41, 5.74) is 7.35. The molecule has 5 nitrogen and oxygen atoms in total. The van der Waals surface area contributed by atoms with Crippen molar-refractivity contribution in [2.75, 3.05) is 26.0 Å². The monoisotopic (exact) mass is 369 g/mol. The summed E-state index contributed by atoms with van der Waals surface area (Å²) in [4.78, 5) is 5.68. The highest BCUT2D eigenvalue weighted by molar-refractivity contribution is 5.80. The van der Waals surface area contributed by atoms with Gasteiger partial charge >= 0.3 is 0 Å². The maximum Gasteiger partial charge on any atom is 0.148 e. The van der Waals surface area contributed by atoms with Crippen LogP contribution in [0.4, 0.5) is 5.82 Å². The predicted molar refractivity (Wildman–Crippen MR) is 113 cm³/mol. The molecule has 0 aliphatic carbocycles. The van der Waals surface area contributed by atoms with E-state index in [4.69, 9.17) is 0 Å². The molecule has 140 valence electrons. The van der Waals surface area contributed by atoms with Gasteiger partial charge in [-0.3, -0.25) is 0 Å². The molecule has 0 amide bonds. The number of nitrogens with zero attached hydrogens (tertiary/aromatic N) is 3. The smallest absolute Gasteiger partial charge is 0.148 e. The summed E-state index contributed by atoms with van der Waals surface area (Å²) in [6, 6.07) is 19.6. The predicted octanol–water partition coefficient (Wildman–Crippen LogP) is 4.24. The summed E-state index contributed by atoms with van der Waals surface area (Å²) >= 11 is 0. The van der Waals surface area contributed by atoms with E-state index in [0.717, 1.165) is 30.2 Å². The van der Waals surface area contributed by atoms with Crippen LogP contribution in [0.2, 0.25) is 0 Å². The van der Waals surface area contributed by atoms with Crippen LogP contribution in [0.15, 0.2) is 60.8 Å². The van der Waals surface area contributed by atoms with E-state index in [1.54, 1.807) is 0 Å². The summed E-state index contributed by atoms with van der Waals surface area (Å²) in [6.07, 6.45) is 2.00. The molecule has 1 unspecified atom stereocenters. The fourth-order valence-electron chi connectivity index (χ4n) is 4.20. The highest BCUT2D eigenvalue weighted by atomic mass is 15.2. The van der Waals surface area contributed by atoms with Crippen molar-refractivity contribution in [3.05, 3.63) is 77.5 Å². The second-order valence-electron chi connectivity index (χ2n) is 7.54. The molecule has 0 radical (unpaired) electrons. The summed E-state index contributed by atoms with van der Waals surface area (Å²) in [7, 11) is 4.04. The van der Waals surface area contributed by atoms with Gasteiger partial charge < -0.3 is 15.2 Å². The zero-order chi connectivity index (χ0) is 19.1. The number of likely N-dealkylation sites (N-methyl/N-ethyl adjacent to an activating group) is 1. The molecular weight excluding hydrogens is 346 g/mol. The van der Waals surface area contributed by atoms with Crippen LogP contribution in [0.3, 0.4) is 0 Å². The van der Waals surface area contributed by atoms with E-state index in [-0.39, 0.29) is 0 Å². The Hall–Kier alpha value is -3.18. The average molecular weight is 369 g/mol. The quantitative estimate of drug-likeness (QED) is 0.567. The van der Waals surface area contributed by atoms with Crippen LogP contribution in [-0.2, 0) is 6.54 Å². The van der Waals surface area contributed by atoms with Crippen molar-refractivity contribution in [2.45, 2.75) is 12.5 Å². The number of fused-ring (bicyclic) bond motifs is 2. The summed E-state index contributed by atoms with van der Waals surface area (Å²) < 4.78 is 0.